The highest BCUT2D eigenvalue weighted by atomic mass is 35.5. The third-order valence-electron chi connectivity index (χ3n) is 3.79. The van der Waals surface area contributed by atoms with Gasteiger partial charge >= 0.3 is 0 Å². The van der Waals surface area contributed by atoms with Crippen LogP contribution < -0.4 is 4.74 Å². The second-order valence-electron chi connectivity index (χ2n) is 5.27. The highest BCUT2D eigenvalue weighted by Crippen LogP contribution is 2.30. The van der Waals surface area contributed by atoms with Gasteiger partial charge in [-0.25, -0.2) is 17.4 Å². The summed E-state index contributed by atoms with van der Waals surface area (Å²) in [7, 11) is -2.45. The van der Waals surface area contributed by atoms with Crippen molar-refractivity contribution in [1.82, 2.24) is 8.96 Å². The highest BCUT2D eigenvalue weighted by molar-refractivity contribution is 7.90. The Morgan fingerprint density at radius 3 is 2.52 bits per heavy atom. The SMILES string of the molecule is COc1ccc(Cl)cc1S(=O)(=O)n1cnc2cc(C)c(C)cc21. The fourth-order valence-corrected chi connectivity index (χ4v) is 4.10. The van der Waals surface area contributed by atoms with Gasteiger partial charge in [-0.05, 0) is 55.3 Å². The van der Waals surface area contributed by atoms with E-state index in [1.54, 1.807) is 6.07 Å². The van der Waals surface area contributed by atoms with E-state index in [0.29, 0.717) is 16.1 Å². The molecule has 1 heterocycles. The molecule has 0 aliphatic carbocycles. The van der Waals surface area contributed by atoms with Gasteiger partial charge in [0.25, 0.3) is 10.0 Å². The number of benzene rings is 2. The minimum Gasteiger partial charge on any atom is -0.495 e. The van der Waals surface area contributed by atoms with Crippen molar-refractivity contribution >= 4 is 32.7 Å². The van der Waals surface area contributed by atoms with Crippen molar-refractivity contribution in [1.29, 1.82) is 0 Å². The first kappa shape index (κ1) is 15.8. The number of aryl methyl sites for hydroxylation is 2. The number of nitrogens with zero attached hydrogens (tertiary/aromatic N) is 2. The molecule has 0 bridgehead atoms. The van der Waals surface area contributed by atoms with Crippen LogP contribution in [0.5, 0.6) is 5.75 Å². The van der Waals surface area contributed by atoms with Crippen LogP contribution in [0.25, 0.3) is 11.0 Å². The lowest BCUT2D eigenvalue weighted by atomic mass is 10.1. The van der Waals surface area contributed by atoms with Crippen LogP contribution in [0.2, 0.25) is 5.02 Å². The third kappa shape index (κ3) is 2.58. The number of aromatic nitrogens is 2. The molecule has 1 aromatic heterocycles. The van der Waals surface area contributed by atoms with Crippen molar-refractivity contribution in [3.63, 3.8) is 0 Å². The Balaban J connectivity index is 2.29. The van der Waals surface area contributed by atoms with Crippen molar-refractivity contribution in [3.8, 4) is 5.75 Å². The maximum absolute atomic E-state index is 13.0. The number of hydrogen-bond donors (Lipinski definition) is 0. The molecule has 0 spiro atoms. The summed E-state index contributed by atoms with van der Waals surface area (Å²) in [5.41, 5.74) is 3.20. The molecule has 23 heavy (non-hydrogen) atoms. The Hall–Kier alpha value is -2.05. The molecule has 0 unspecified atom stereocenters. The quantitative estimate of drug-likeness (QED) is 0.724. The largest absolute Gasteiger partial charge is 0.495 e. The second kappa shape index (κ2) is 5.54. The summed E-state index contributed by atoms with van der Waals surface area (Å²) >= 11 is 5.96. The van der Waals surface area contributed by atoms with Crippen LogP contribution in [-0.4, -0.2) is 24.5 Å². The van der Waals surface area contributed by atoms with E-state index >= 15 is 0 Å². The van der Waals surface area contributed by atoms with Gasteiger partial charge in [0.15, 0.2) is 0 Å². The van der Waals surface area contributed by atoms with Crippen LogP contribution in [0.4, 0.5) is 0 Å². The molecule has 5 nitrogen and oxygen atoms in total. The maximum atomic E-state index is 13.0. The average molecular weight is 351 g/mol. The van der Waals surface area contributed by atoms with E-state index in [1.807, 2.05) is 26.0 Å². The molecule has 3 rings (SSSR count). The molecule has 120 valence electrons. The normalized spacial score (nSPS) is 11.8. The van der Waals surface area contributed by atoms with Crippen LogP contribution in [0, 0.1) is 13.8 Å². The number of methoxy groups -OCH3 is 1. The molecule has 0 atom stereocenters. The number of ether oxygens (including phenoxy) is 1. The number of rotatable bonds is 3. The van der Waals surface area contributed by atoms with E-state index in [4.69, 9.17) is 16.3 Å². The van der Waals surface area contributed by atoms with Crippen molar-refractivity contribution in [2.45, 2.75) is 18.7 Å². The van der Waals surface area contributed by atoms with E-state index < -0.39 is 10.0 Å². The summed E-state index contributed by atoms with van der Waals surface area (Å²) < 4.78 is 32.4. The minimum absolute atomic E-state index is 0.00466. The lowest BCUT2D eigenvalue weighted by Gasteiger charge is -2.11. The smallest absolute Gasteiger partial charge is 0.273 e. The summed E-state index contributed by atoms with van der Waals surface area (Å²) in [5.74, 6) is 0.236. The van der Waals surface area contributed by atoms with Gasteiger partial charge in [-0.3, -0.25) is 0 Å². The topological polar surface area (TPSA) is 61.2 Å². The molecular weight excluding hydrogens is 336 g/mol. The second-order valence-corrected chi connectivity index (χ2v) is 7.49. The van der Waals surface area contributed by atoms with Crippen LogP contribution in [0.1, 0.15) is 11.1 Å². The van der Waals surface area contributed by atoms with Gasteiger partial charge < -0.3 is 4.74 Å². The summed E-state index contributed by atoms with van der Waals surface area (Å²) in [4.78, 5) is 4.20. The lowest BCUT2D eigenvalue weighted by molar-refractivity contribution is 0.402. The van der Waals surface area contributed by atoms with Crippen molar-refractivity contribution in [2.24, 2.45) is 0 Å². The fourth-order valence-electron chi connectivity index (χ4n) is 2.39. The zero-order valence-electron chi connectivity index (χ0n) is 12.9. The molecule has 0 saturated carbocycles. The predicted molar refractivity (Wildman–Crippen MR) is 89.8 cm³/mol. The lowest BCUT2D eigenvalue weighted by Crippen LogP contribution is -2.13. The van der Waals surface area contributed by atoms with Gasteiger partial charge in [-0.1, -0.05) is 11.6 Å². The molecule has 0 fully saturated rings. The average Bonchev–Trinajstić information content (AvgIpc) is 2.91. The number of halogens is 1. The van der Waals surface area contributed by atoms with Crippen molar-refractivity contribution in [3.05, 3.63) is 52.8 Å². The Kier molecular flexibility index (Phi) is 3.82. The zero-order valence-corrected chi connectivity index (χ0v) is 14.4. The monoisotopic (exact) mass is 350 g/mol. The molecule has 0 saturated heterocycles. The number of imidazole rings is 1. The molecule has 0 amide bonds. The fraction of sp³-hybridized carbons (Fsp3) is 0.188. The van der Waals surface area contributed by atoms with E-state index in [9.17, 15) is 8.42 Å². The molecule has 0 N–H and O–H groups in total. The first-order chi connectivity index (χ1) is 10.8. The Morgan fingerprint density at radius 2 is 1.83 bits per heavy atom. The summed E-state index contributed by atoms with van der Waals surface area (Å²) in [6.45, 7) is 3.89. The number of hydrogen-bond acceptors (Lipinski definition) is 4. The predicted octanol–water partition coefficient (Wildman–Crippen LogP) is 3.55. The van der Waals surface area contributed by atoms with Crippen LogP contribution in [-0.2, 0) is 10.0 Å². The van der Waals surface area contributed by atoms with E-state index in [2.05, 4.69) is 4.98 Å². The van der Waals surface area contributed by atoms with Crippen LogP contribution in [0.15, 0.2) is 41.6 Å². The number of fused-ring (bicyclic) bond motifs is 1. The van der Waals surface area contributed by atoms with Gasteiger partial charge in [-0.15, -0.1) is 0 Å². The molecule has 7 heteroatoms. The van der Waals surface area contributed by atoms with Crippen molar-refractivity contribution in [2.75, 3.05) is 7.11 Å². The maximum Gasteiger partial charge on any atom is 0.273 e. The van der Waals surface area contributed by atoms with E-state index in [-0.39, 0.29) is 10.6 Å². The van der Waals surface area contributed by atoms with Gasteiger partial charge in [0.1, 0.15) is 17.0 Å². The van der Waals surface area contributed by atoms with Crippen LogP contribution >= 0.6 is 11.6 Å². The van der Waals surface area contributed by atoms with Crippen molar-refractivity contribution < 1.29 is 13.2 Å². The summed E-state index contributed by atoms with van der Waals surface area (Å²) in [6.07, 6.45) is 1.30. The van der Waals surface area contributed by atoms with Gasteiger partial charge in [0.05, 0.1) is 18.1 Å². The zero-order chi connectivity index (χ0) is 16.8. The van der Waals surface area contributed by atoms with Crippen LogP contribution in [0.3, 0.4) is 0 Å². The summed E-state index contributed by atoms with van der Waals surface area (Å²) in [5, 5.41) is 0.320. The molecule has 0 aliphatic rings. The standard InChI is InChI=1S/C16H15ClN2O3S/c1-10-6-13-14(7-11(10)2)19(9-18-13)23(20,21)16-8-12(17)4-5-15(16)22-3/h4-9H,1-3H3. The molecule has 0 radical (unpaired) electrons. The third-order valence-corrected chi connectivity index (χ3v) is 5.71. The highest BCUT2D eigenvalue weighted by Gasteiger charge is 2.24. The Bertz CT molecular complexity index is 1010. The molecular formula is C16H15ClN2O3S. The Morgan fingerprint density at radius 1 is 1.13 bits per heavy atom. The van der Waals surface area contributed by atoms with Gasteiger partial charge in [-0.2, -0.15) is 0 Å². The first-order valence-electron chi connectivity index (χ1n) is 6.88. The molecule has 2 aromatic carbocycles. The van der Waals surface area contributed by atoms with Gasteiger partial charge in [0, 0.05) is 5.02 Å². The van der Waals surface area contributed by atoms with E-state index in [1.165, 1.54) is 25.6 Å². The minimum atomic E-state index is -3.87. The Labute approximate surface area is 139 Å². The molecule has 0 aliphatic heterocycles. The summed E-state index contributed by atoms with van der Waals surface area (Å²) in [6, 6.07) is 8.17. The van der Waals surface area contributed by atoms with Gasteiger partial charge in [0.2, 0.25) is 0 Å². The first-order valence-corrected chi connectivity index (χ1v) is 8.70. The van der Waals surface area contributed by atoms with E-state index in [0.717, 1.165) is 15.1 Å². The molecule has 3 aromatic rings.